The first-order valence-electron chi connectivity index (χ1n) is 10.2. The Bertz CT molecular complexity index is 1160. The third-order valence-electron chi connectivity index (χ3n) is 4.78. The van der Waals surface area contributed by atoms with Crippen molar-refractivity contribution in [1.29, 1.82) is 0 Å². The molecule has 3 aromatic rings. The Morgan fingerprint density at radius 1 is 1.10 bits per heavy atom. The van der Waals surface area contributed by atoms with Crippen LogP contribution in [-0.4, -0.2) is 50.9 Å². The van der Waals surface area contributed by atoms with E-state index in [0.717, 1.165) is 28.2 Å². The quantitative estimate of drug-likeness (QED) is 0.347. The molecule has 0 N–H and O–H groups in total. The van der Waals surface area contributed by atoms with Gasteiger partial charge in [0.25, 0.3) is 0 Å². The van der Waals surface area contributed by atoms with Gasteiger partial charge in [0.2, 0.25) is 10.0 Å². The lowest BCUT2D eigenvalue weighted by molar-refractivity contribution is 0.0735. The lowest BCUT2D eigenvalue weighted by atomic mass is 10.2. The maximum absolute atomic E-state index is 12.8. The fraction of sp³-hybridized carbons (Fsp3) is 0.364. The van der Waals surface area contributed by atoms with Gasteiger partial charge in [-0.3, -0.25) is 0 Å². The smallest absolute Gasteiger partial charge is 0.343 e. The average molecular weight is 462 g/mol. The van der Waals surface area contributed by atoms with E-state index in [0.29, 0.717) is 18.8 Å². The number of fused-ring (bicyclic) bond motifs is 1. The van der Waals surface area contributed by atoms with E-state index in [1.165, 1.54) is 39.9 Å². The molecule has 0 unspecified atom stereocenters. The van der Waals surface area contributed by atoms with E-state index in [4.69, 9.17) is 4.74 Å². The SMILES string of the molecule is CCCCN(CC)S(=O)(=O)c1ccc(C(=O)Oc2ccc3nc(N(C)C)sc3c2)cc1. The number of carbonyl (C=O) groups is 1. The van der Waals surface area contributed by atoms with Crippen LogP contribution in [0.4, 0.5) is 5.13 Å². The molecule has 0 aliphatic rings. The molecule has 1 heterocycles. The summed E-state index contributed by atoms with van der Waals surface area (Å²) in [5, 5.41) is 0.871. The van der Waals surface area contributed by atoms with Gasteiger partial charge in [-0.2, -0.15) is 4.31 Å². The monoisotopic (exact) mass is 461 g/mol. The first kappa shape index (κ1) is 23.2. The number of nitrogens with zero attached hydrogens (tertiary/aromatic N) is 3. The maximum Gasteiger partial charge on any atom is 0.343 e. The summed E-state index contributed by atoms with van der Waals surface area (Å²) >= 11 is 1.51. The van der Waals surface area contributed by atoms with Crippen LogP contribution in [0.15, 0.2) is 47.4 Å². The van der Waals surface area contributed by atoms with Crippen molar-refractivity contribution in [2.45, 2.75) is 31.6 Å². The first-order valence-corrected chi connectivity index (χ1v) is 12.4. The molecule has 31 heavy (non-hydrogen) atoms. The number of hydrogen-bond acceptors (Lipinski definition) is 7. The number of unbranched alkanes of at least 4 members (excludes halogenated alkanes) is 1. The summed E-state index contributed by atoms with van der Waals surface area (Å²) in [6.07, 6.45) is 1.72. The van der Waals surface area contributed by atoms with Crippen molar-refractivity contribution >= 4 is 42.7 Å². The van der Waals surface area contributed by atoms with Crippen LogP contribution >= 0.6 is 11.3 Å². The number of anilines is 1. The summed E-state index contributed by atoms with van der Waals surface area (Å²) < 4.78 is 33.5. The third-order valence-corrected chi connectivity index (χ3v) is 7.96. The van der Waals surface area contributed by atoms with Gasteiger partial charge in [0.05, 0.1) is 20.7 Å². The van der Waals surface area contributed by atoms with E-state index in [1.807, 2.05) is 38.9 Å². The predicted octanol–water partition coefficient (Wildman–Crippen LogP) is 4.39. The van der Waals surface area contributed by atoms with Gasteiger partial charge in [-0.1, -0.05) is 31.6 Å². The van der Waals surface area contributed by atoms with Gasteiger partial charge in [0.15, 0.2) is 5.13 Å². The van der Waals surface area contributed by atoms with Crippen LogP contribution in [0.1, 0.15) is 37.0 Å². The fourth-order valence-electron chi connectivity index (χ4n) is 3.01. The van der Waals surface area contributed by atoms with Gasteiger partial charge in [0.1, 0.15) is 5.75 Å². The summed E-state index contributed by atoms with van der Waals surface area (Å²) in [5.74, 6) is -0.126. The molecule has 3 rings (SSSR count). The van der Waals surface area contributed by atoms with Gasteiger partial charge < -0.3 is 9.64 Å². The molecule has 0 spiro atoms. The number of thiazole rings is 1. The lowest BCUT2D eigenvalue weighted by Crippen LogP contribution is -2.31. The lowest BCUT2D eigenvalue weighted by Gasteiger charge is -2.20. The average Bonchev–Trinajstić information content (AvgIpc) is 3.18. The molecule has 7 nitrogen and oxygen atoms in total. The van der Waals surface area contributed by atoms with Crippen LogP contribution in [0.25, 0.3) is 10.2 Å². The standard InChI is InChI=1S/C22H27N3O4S2/c1-5-7-14-25(6-2)31(27,28)18-11-8-16(9-12-18)21(26)29-17-10-13-19-20(15-17)30-22(23-19)24(3)4/h8-13,15H,5-7,14H2,1-4H3. The van der Waals surface area contributed by atoms with Crippen molar-refractivity contribution in [2.75, 3.05) is 32.1 Å². The van der Waals surface area contributed by atoms with Crippen LogP contribution in [-0.2, 0) is 10.0 Å². The van der Waals surface area contributed by atoms with Crippen molar-refractivity contribution in [3.8, 4) is 5.75 Å². The molecule has 166 valence electrons. The van der Waals surface area contributed by atoms with Crippen LogP contribution in [0.2, 0.25) is 0 Å². The molecule has 0 saturated heterocycles. The Balaban J connectivity index is 1.75. The highest BCUT2D eigenvalue weighted by Crippen LogP contribution is 2.30. The van der Waals surface area contributed by atoms with E-state index in [9.17, 15) is 13.2 Å². The number of carbonyl (C=O) groups excluding carboxylic acids is 1. The van der Waals surface area contributed by atoms with Crippen molar-refractivity contribution in [3.05, 3.63) is 48.0 Å². The number of benzene rings is 2. The molecule has 0 radical (unpaired) electrons. The summed E-state index contributed by atoms with van der Waals surface area (Å²) in [7, 11) is 0.263. The molecule has 0 fully saturated rings. The largest absolute Gasteiger partial charge is 0.423 e. The zero-order valence-electron chi connectivity index (χ0n) is 18.2. The summed E-state index contributed by atoms with van der Waals surface area (Å²) in [6, 6.07) is 11.2. The van der Waals surface area contributed by atoms with Crippen molar-refractivity contribution < 1.29 is 17.9 Å². The van der Waals surface area contributed by atoms with Crippen LogP contribution in [0, 0.1) is 0 Å². The number of ether oxygens (including phenoxy) is 1. The molecular weight excluding hydrogens is 434 g/mol. The predicted molar refractivity (Wildman–Crippen MR) is 125 cm³/mol. The molecule has 0 aliphatic carbocycles. The highest BCUT2D eigenvalue weighted by Gasteiger charge is 2.23. The molecule has 1 aromatic heterocycles. The fourth-order valence-corrected chi connectivity index (χ4v) is 5.41. The molecule has 0 atom stereocenters. The van der Waals surface area contributed by atoms with Crippen molar-refractivity contribution in [3.63, 3.8) is 0 Å². The van der Waals surface area contributed by atoms with Crippen molar-refractivity contribution in [2.24, 2.45) is 0 Å². The second-order valence-electron chi connectivity index (χ2n) is 7.28. The Kier molecular flexibility index (Phi) is 7.30. The highest BCUT2D eigenvalue weighted by molar-refractivity contribution is 7.89. The van der Waals surface area contributed by atoms with E-state index in [-0.39, 0.29) is 10.5 Å². The van der Waals surface area contributed by atoms with Gasteiger partial charge in [-0.25, -0.2) is 18.2 Å². The normalized spacial score (nSPS) is 11.8. The third kappa shape index (κ3) is 5.23. The van der Waals surface area contributed by atoms with Crippen LogP contribution in [0.5, 0.6) is 5.75 Å². The number of rotatable bonds is 9. The number of aromatic nitrogens is 1. The molecule has 9 heteroatoms. The van der Waals surface area contributed by atoms with Gasteiger partial charge in [-0.15, -0.1) is 0 Å². The number of sulfonamides is 1. The van der Waals surface area contributed by atoms with Crippen LogP contribution in [0.3, 0.4) is 0 Å². The van der Waals surface area contributed by atoms with Crippen LogP contribution < -0.4 is 9.64 Å². The zero-order chi connectivity index (χ0) is 22.6. The summed E-state index contributed by atoms with van der Waals surface area (Å²) in [4.78, 5) is 19.2. The number of hydrogen-bond donors (Lipinski definition) is 0. The minimum Gasteiger partial charge on any atom is -0.423 e. The summed E-state index contributed by atoms with van der Waals surface area (Å²) in [6.45, 7) is 4.73. The van der Waals surface area contributed by atoms with Gasteiger partial charge in [0, 0.05) is 33.3 Å². The molecule has 2 aromatic carbocycles. The Morgan fingerprint density at radius 3 is 2.42 bits per heavy atom. The first-order chi connectivity index (χ1) is 14.8. The van der Waals surface area contributed by atoms with E-state index >= 15 is 0 Å². The van der Waals surface area contributed by atoms with Crippen molar-refractivity contribution in [1.82, 2.24) is 9.29 Å². The molecule has 0 amide bonds. The highest BCUT2D eigenvalue weighted by atomic mass is 32.2. The van der Waals surface area contributed by atoms with E-state index < -0.39 is 16.0 Å². The molecule has 0 bridgehead atoms. The summed E-state index contributed by atoms with van der Waals surface area (Å²) in [5.41, 5.74) is 1.13. The molecule has 0 saturated carbocycles. The van der Waals surface area contributed by atoms with Gasteiger partial charge >= 0.3 is 5.97 Å². The number of esters is 1. The zero-order valence-corrected chi connectivity index (χ0v) is 19.8. The Labute approximate surface area is 187 Å². The molecule has 0 aliphatic heterocycles. The van der Waals surface area contributed by atoms with Gasteiger partial charge in [-0.05, 0) is 42.8 Å². The second-order valence-corrected chi connectivity index (χ2v) is 10.2. The van der Waals surface area contributed by atoms with E-state index in [2.05, 4.69) is 4.98 Å². The minimum absolute atomic E-state index is 0.171. The minimum atomic E-state index is -3.58. The maximum atomic E-state index is 12.8. The Morgan fingerprint density at radius 2 is 1.81 bits per heavy atom. The Hall–Kier alpha value is -2.49. The van der Waals surface area contributed by atoms with E-state index in [1.54, 1.807) is 12.1 Å². The topological polar surface area (TPSA) is 79.8 Å². The second kappa shape index (κ2) is 9.76. The molecular formula is C22H27N3O4S2.